The first-order chi connectivity index (χ1) is 26.3. The topological polar surface area (TPSA) is 55.4 Å². The molecule has 0 aromatic heterocycles. The molecule has 0 N–H and O–H groups in total. The standard InChI is InChI=1S/C48H94O6/c1-7-9-11-13-15-17-19-21-23-25-27-29-31-33-35-37-39-49-41-43(45-46(54-48(5,6)53-45)44-42-51-47(3,4)52-44)50-40-38-36-34-32-30-28-26-24-22-20-18-16-14-12-10-8-2/h43-46H,7-42H2,1-6H3/t43-,44-,45-,46-/m1/s1. The molecule has 322 valence electrons. The number of rotatable bonds is 39. The molecule has 0 saturated carbocycles. The van der Waals surface area contributed by atoms with Crippen LogP contribution in [0.2, 0.25) is 0 Å². The summed E-state index contributed by atoms with van der Waals surface area (Å²) >= 11 is 0. The highest BCUT2D eigenvalue weighted by Crippen LogP contribution is 2.37. The quantitative estimate of drug-likeness (QED) is 0.0581. The van der Waals surface area contributed by atoms with E-state index in [1.165, 1.54) is 193 Å². The van der Waals surface area contributed by atoms with E-state index in [-0.39, 0.29) is 24.4 Å². The first-order valence-electron chi connectivity index (χ1n) is 24.1. The van der Waals surface area contributed by atoms with Crippen LogP contribution < -0.4 is 0 Å². The van der Waals surface area contributed by atoms with Gasteiger partial charge in [0.1, 0.15) is 24.4 Å². The van der Waals surface area contributed by atoms with Crippen LogP contribution in [0.25, 0.3) is 0 Å². The predicted molar refractivity (Wildman–Crippen MR) is 228 cm³/mol. The summed E-state index contributed by atoms with van der Waals surface area (Å²) < 4.78 is 38.0. The van der Waals surface area contributed by atoms with Crippen molar-refractivity contribution in [1.82, 2.24) is 0 Å². The van der Waals surface area contributed by atoms with Gasteiger partial charge in [-0.2, -0.15) is 0 Å². The van der Waals surface area contributed by atoms with Crippen LogP contribution in [0.1, 0.15) is 247 Å². The Morgan fingerprint density at radius 3 is 1.19 bits per heavy atom. The first-order valence-corrected chi connectivity index (χ1v) is 24.1. The zero-order valence-corrected chi connectivity index (χ0v) is 37.2. The molecule has 0 amide bonds. The molecule has 0 bridgehead atoms. The molecule has 0 spiro atoms. The van der Waals surface area contributed by atoms with Crippen molar-refractivity contribution in [2.24, 2.45) is 0 Å². The fourth-order valence-corrected chi connectivity index (χ4v) is 8.34. The Kier molecular flexibility index (Phi) is 30.2. The molecule has 6 heteroatoms. The molecule has 2 saturated heterocycles. The fraction of sp³-hybridized carbons (Fsp3) is 1.00. The summed E-state index contributed by atoms with van der Waals surface area (Å²) in [5, 5.41) is 0. The summed E-state index contributed by atoms with van der Waals surface area (Å²) in [6, 6.07) is 0. The maximum Gasteiger partial charge on any atom is 0.164 e. The lowest BCUT2D eigenvalue weighted by Crippen LogP contribution is -2.47. The van der Waals surface area contributed by atoms with Crippen molar-refractivity contribution in [1.29, 1.82) is 0 Å². The van der Waals surface area contributed by atoms with Crippen LogP contribution in [-0.4, -0.2) is 62.4 Å². The van der Waals surface area contributed by atoms with Gasteiger partial charge < -0.3 is 28.4 Å². The van der Waals surface area contributed by atoms with Gasteiger partial charge in [-0.25, -0.2) is 0 Å². The Morgan fingerprint density at radius 1 is 0.444 bits per heavy atom. The second-order valence-electron chi connectivity index (χ2n) is 18.0. The van der Waals surface area contributed by atoms with Crippen LogP contribution in [0.15, 0.2) is 0 Å². The van der Waals surface area contributed by atoms with Gasteiger partial charge in [0.25, 0.3) is 0 Å². The van der Waals surface area contributed by atoms with E-state index in [1.54, 1.807) is 0 Å². The van der Waals surface area contributed by atoms with Crippen molar-refractivity contribution in [2.75, 3.05) is 26.4 Å². The van der Waals surface area contributed by atoms with Gasteiger partial charge in [-0.3, -0.25) is 0 Å². The summed E-state index contributed by atoms with van der Waals surface area (Å²) in [4.78, 5) is 0. The zero-order chi connectivity index (χ0) is 39.0. The lowest BCUT2D eigenvalue weighted by atomic mass is 10.0. The van der Waals surface area contributed by atoms with Crippen molar-refractivity contribution >= 4 is 0 Å². The smallest absolute Gasteiger partial charge is 0.164 e. The summed E-state index contributed by atoms with van der Waals surface area (Å²) in [6.45, 7) is 15.0. The molecule has 0 aliphatic carbocycles. The largest absolute Gasteiger partial charge is 0.379 e. The summed E-state index contributed by atoms with van der Waals surface area (Å²) in [5.41, 5.74) is 0. The third kappa shape index (κ3) is 25.9. The Labute approximate surface area is 337 Å². The van der Waals surface area contributed by atoms with E-state index in [9.17, 15) is 0 Å². The minimum Gasteiger partial charge on any atom is -0.379 e. The maximum absolute atomic E-state index is 6.59. The van der Waals surface area contributed by atoms with E-state index >= 15 is 0 Å². The third-order valence-electron chi connectivity index (χ3n) is 11.7. The summed E-state index contributed by atoms with van der Waals surface area (Å²) in [7, 11) is 0. The van der Waals surface area contributed by atoms with Crippen molar-refractivity contribution in [3.8, 4) is 0 Å². The maximum atomic E-state index is 6.59. The van der Waals surface area contributed by atoms with Crippen molar-refractivity contribution < 1.29 is 28.4 Å². The van der Waals surface area contributed by atoms with Crippen LogP contribution in [0, 0.1) is 0 Å². The highest BCUT2D eigenvalue weighted by molar-refractivity contribution is 4.94. The van der Waals surface area contributed by atoms with Gasteiger partial charge in [0.05, 0.1) is 13.2 Å². The average Bonchev–Trinajstić information content (AvgIpc) is 3.68. The van der Waals surface area contributed by atoms with Gasteiger partial charge in [-0.05, 0) is 40.5 Å². The predicted octanol–water partition coefficient (Wildman–Crippen LogP) is 14.6. The molecular formula is C48H94O6. The third-order valence-corrected chi connectivity index (χ3v) is 11.7. The van der Waals surface area contributed by atoms with Crippen molar-refractivity contribution in [3.63, 3.8) is 0 Å². The highest BCUT2D eigenvalue weighted by Gasteiger charge is 2.52. The lowest BCUT2D eigenvalue weighted by molar-refractivity contribution is -0.176. The molecule has 0 aromatic rings. The molecule has 0 radical (unpaired) electrons. The monoisotopic (exact) mass is 767 g/mol. The van der Waals surface area contributed by atoms with Crippen LogP contribution >= 0.6 is 0 Å². The molecule has 6 nitrogen and oxygen atoms in total. The van der Waals surface area contributed by atoms with E-state index in [4.69, 9.17) is 28.4 Å². The number of hydrogen-bond donors (Lipinski definition) is 0. The fourth-order valence-electron chi connectivity index (χ4n) is 8.34. The van der Waals surface area contributed by atoms with Crippen molar-refractivity contribution in [2.45, 2.75) is 283 Å². The Balaban J connectivity index is 1.59. The minimum absolute atomic E-state index is 0.186. The molecule has 2 aliphatic heterocycles. The SMILES string of the molecule is CCCCCCCCCCCCCCCCCCOC[C@@H](OCCCCCCCCCCCCCCCCCC)[C@H]1OC(C)(C)O[C@@H]1[C@H]1COC(C)(C)O1. The molecule has 4 atom stereocenters. The van der Waals surface area contributed by atoms with Gasteiger partial charge >= 0.3 is 0 Å². The molecule has 2 heterocycles. The Hall–Kier alpha value is -0.240. The first kappa shape index (κ1) is 49.9. The molecule has 0 aromatic carbocycles. The molecule has 2 rings (SSSR count). The molecule has 54 heavy (non-hydrogen) atoms. The second kappa shape index (κ2) is 32.7. The molecule has 2 aliphatic rings. The Morgan fingerprint density at radius 2 is 0.815 bits per heavy atom. The molecule has 0 unspecified atom stereocenters. The number of ether oxygens (including phenoxy) is 6. The van der Waals surface area contributed by atoms with E-state index in [1.807, 2.05) is 27.7 Å². The van der Waals surface area contributed by atoms with E-state index in [2.05, 4.69) is 13.8 Å². The van der Waals surface area contributed by atoms with Gasteiger partial charge in [0.15, 0.2) is 11.6 Å². The van der Waals surface area contributed by atoms with Crippen molar-refractivity contribution in [3.05, 3.63) is 0 Å². The van der Waals surface area contributed by atoms with E-state index in [0.717, 1.165) is 26.1 Å². The van der Waals surface area contributed by atoms with Crippen LogP contribution in [0.4, 0.5) is 0 Å². The van der Waals surface area contributed by atoms with Gasteiger partial charge in [-0.1, -0.05) is 206 Å². The number of hydrogen-bond acceptors (Lipinski definition) is 6. The second-order valence-corrected chi connectivity index (χ2v) is 18.0. The van der Waals surface area contributed by atoms with Gasteiger partial charge in [0, 0.05) is 13.2 Å². The minimum atomic E-state index is -0.699. The highest BCUT2D eigenvalue weighted by atomic mass is 16.8. The van der Waals surface area contributed by atoms with Gasteiger partial charge in [0.2, 0.25) is 0 Å². The zero-order valence-electron chi connectivity index (χ0n) is 37.2. The van der Waals surface area contributed by atoms with Gasteiger partial charge in [-0.15, -0.1) is 0 Å². The number of unbranched alkanes of at least 4 members (excludes halogenated alkanes) is 30. The molecular weight excluding hydrogens is 673 g/mol. The Bertz CT molecular complexity index is 817. The van der Waals surface area contributed by atoms with Crippen LogP contribution in [0.3, 0.4) is 0 Å². The summed E-state index contributed by atoms with van der Waals surface area (Å²) in [6.07, 6.45) is 43.1. The lowest BCUT2D eigenvalue weighted by Gasteiger charge is -2.29. The average molecular weight is 767 g/mol. The van der Waals surface area contributed by atoms with E-state index in [0.29, 0.717) is 13.2 Å². The normalized spacial score (nSPS) is 21.3. The van der Waals surface area contributed by atoms with E-state index < -0.39 is 11.6 Å². The van der Waals surface area contributed by atoms with Crippen LogP contribution in [0.5, 0.6) is 0 Å². The summed E-state index contributed by atoms with van der Waals surface area (Å²) in [5.74, 6) is -1.31. The van der Waals surface area contributed by atoms with Crippen LogP contribution in [-0.2, 0) is 28.4 Å². The molecule has 2 fully saturated rings.